The first-order valence-electron chi connectivity index (χ1n) is 8.90. The van der Waals surface area contributed by atoms with Crippen LogP contribution in [0.5, 0.6) is 0 Å². The van der Waals surface area contributed by atoms with Crippen molar-refractivity contribution in [2.45, 2.75) is 13.5 Å². The van der Waals surface area contributed by atoms with Gasteiger partial charge in [-0.15, -0.1) is 0 Å². The highest BCUT2D eigenvalue weighted by atomic mass is 35.5. The van der Waals surface area contributed by atoms with Crippen molar-refractivity contribution in [3.63, 3.8) is 0 Å². The SMILES string of the molecule is Cc1cc(NC(=O)c2cc(-c3ccc(Cl)cc3Cl)n[nH]2)nn1Cc1ccccc1. The number of hydrogen-bond acceptors (Lipinski definition) is 3. The maximum Gasteiger partial charge on any atom is 0.274 e. The number of hydrogen-bond donors (Lipinski definition) is 2. The molecule has 29 heavy (non-hydrogen) atoms. The van der Waals surface area contributed by atoms with E-state index >= 15 is 0 Å². The van der Waals surface area contributed by atoms with Gasteiger partial charge in [0.15, 0.2) is 5.82 Å². The molecule has 1 amide bonds. The Hall–Kier alpha value is -3.09. The summed E-state index contributed by atoms with van der Waals surface area (Å²) in [4.78, 5) is 12.6. The Morgan fingerprint density at radius 2 is 1.90 bits per heavy atom. The number of anilines is 1. The van der Waals surface area contributed by atoms with Gasteiger partial charge in [-0.05, 0) is 36.8 Å². The first kappa shape index (κ1) is 19.2. The van der Waals surface area contributed by atoms with Gasteiger partial charge in [0.25, 0.3) is 5.91 Å². The Labute approximate surface area is 177 Å². The quantitative estimate of drug-likeness (QED) is 0.461. The van der Waals surface area contributed by atoms with Crippen LogP contribution in [0.3, 0.4) is 0 Å². The van der Waals surface area contributed by atoms with Crippen molar-refractivity contribution in [3.05, 3.63) is 87.7 Å². The van der Waals surface area contributed by atoms with E-state index in [1.807, 2.05) is 48.0 Å². The summed E-state index contributed by atoms with van der Waals surface area (Å²) >= 11 is 12.1. The second-order valence-corrected chi connectivity index (χ2v) is 7.40. The van der Waals surface area contributed by atoms with Crippen LogP contribution in [0.15, 0.2) is 60.7 Å². The highest BCUT2D eigenvalue weighted by molar-refractivity contribution is 6.36. The molecule has 146 valence electrons. The molecule has 2 N–H and O–H groups in total. The van der Waals surface area contributed by atoms with Gasteiger partial charge in [-0.2, -0.15) is 10.2 Å². The zero-order valence-corrected chi connectivity index (χ0v) is 17.0. The van der Waals surface area contributed by atoms with E-state index in [1.165, 1.54) is 0 Å². The standard InChI is InChI=1S/C21H17Cl2N5O/c1-13-9-20(27-28(13)12-14-5-3-2-4-6-14)24-21(29)19-11-18(25-26-19)16-8-7-15(22)10-17(16)23/h2-11H,12H2,1H3,(H,25,26)(H,24,27,29). The van der Waals surface area contributed by atoms with Gasteiger partial charge in [-0.25, -0.2) is 0 Å². The molecule has 0 aliphatic rings. The summed E-state index contributed by atoms with van der Waals surface area (Å²) < 4.78 is 1.84. The van der Waals surface area contributed by atoms with Gasteiger partial charge in [0.2, 0.25) is 0 Å². The molecule has 0 fully saturated rings. The van der Waals surface area contributed by atoms with Gasteiger partial charge in [-0.3, -0.25) is 14.6 Å². The zero-order valence-electron chi connectivity index (χ0n) is 15.5. The fraction of sp³-hybridized carbons (Fsp3) is 0.0952. The summed E-state index contributed by atoms with van der Waals surface area (Å²) in [6, 6.07) is 18.6. The molecule has 0 spiro atoms. The van der Waals surface area contributed by atoms with E-state index in [4.69, 9.17) is 23.2 Å². The lowest BCUT2D eigenvalue weighted by Gasteiger charge is -2.04. The van der Waals surface area contributed by atoms with Gasteiger partial charge in [0.05, 0.1) is 17.3 Å². The van der Waals surface area contributed by atoms with Gasteiger partial charge in [0, 0.05) is 22.3 Å². The minimum absolute atomic E-state index is 0.307. The molecule has 2 heterocycles. The summed E-state index contributed by atoms with van der Waals surface area (Å²) in [6.45, 7) is 2.58. The molecule has 2 aromatic carbocycles. The number of aromatic amines is 1. The van der Waals surface area contributed by atoms with Crippen LogP contribution in [0.25, 0.3) is 11.3 Å². The van der Waals surface area contributed by atoms with Crippen molar-refractivity contribution in [2.24, 2.45) is 0 Å². The minimum atomic E-state index is -0.335. The van der Waals surface area contributed by atoms with E-state index in [9.17, 15) is 4.79 Å². The molecule has 0 radical (unpaired) electrons. The van der Waals surface area contributed by atoms with Gasteiger partial charge in [-0.1, -0.05) is 53.5 Å². The van der Waals surface area contributed by atoms with Crippen LogP contribution >= 0.6 is 23.2 Å². The molecule has 8 heteroatoms. The van der Waals surface area contributed by atoms with Crippen molar-refractivity contribution in [1.82, 2.24) is 20.0 Å². The Bertz CT molecular complexity index is 1170. The van der Waals surface area contributed by atoms with Crippen LogP contribution in [0.1, 0.15) is 21.7 Å². The molecule has 6 nitrogen and oxygen atoms in total. The van der Waals surface area contributed by atoms with E-state index in [1.54, 1.807) is 24.3 Å². The van der Waals surface area contributed by atoms with Crippen molar-refractivity contribution in [2.75, 3.05) is 5.32 Å². The average molecular weight is 426 g/mol. The van der Waals surface area contributed by atoms with Crippen molar-refractivity contribution in [3.8, 4) is 11.3 Å². The summed E-state index contributed by atoms with van der Waals surface area (Å²) in [5.74, 6) is 0.141. The second-order valence-electron chi connectivity index (χ2n) is 6.56. The number of H-pyrrole nitrogens is 1. The van der Waals surface area contributed by atoms with Crippen molar-refractivity contribution < 1.29 is 4.79 Å². The number of amides is 1. The number of carbonyl (C=O) groups is 1. The predicted octanol–water partition coefficient (Wildman–Crippen LogP) is 5.19. The van der Waals surface area contributed by atoms with Crippen molar-refractivity contribution >= 4 is 34.9 Å². The van der Waals surface area contributed by atoms with Crippen LogP contribution in [0, 0.1) is 6.92 Å². The fourth-order valence-electron chi connectivity index (χ4n) is 2.94. The lowest BCUT2D eigenvalue weighted by molar-refractivity contribution is 0.102. The summed E-state index contributed by atoms with van der Waals surface area (Å²) in [5, 5.41) is 15.2. The molecule has 2 aromatic heterocycles. The first-order valence-corrected chi connectivity index (χ1v) is 9.66. The maximum absolute atomic E-state index is 12.6. The molecule has 0 atom stereocenters. The Morgan fingerprint density at radius 1 is 1.10 bits per heavy atom. The Morgan fingerprint density at radius 3 is 2.66 bits per heavy atom. The van der Waals surface area contributed by atoms with Gasteiger partial charge >= 0.3 is 0 Å². The third-order valence-corrected chi connectivity index (χ3v) is 4.98. The van der Waals surface area contributed by atoms with E-state index in [2.05, 4.69) is 20.6 Å². The van der Waals surface area contributed by atoms with Crippen LogP contribution < -0.4 is 5.32 Å². The number of carbonyl (C=O) groups excluding carboxylic acids is 1. The molecule has 4 rings (SSSR count). The van der Waals surface area contributed by atoms with Gasteiger partial charge in [0.1, 0.15) is 5.69 Å². The zero-order chi connectivity index (χ0) is 20.4. The Kier molecular flexibility index (Phi) is 5.38. The monoisotopic (exact) mass is 425 g/mol. The Balaban J connectivity index is 1.49. The number of halogens is 2. The topological polar surface area (TPSA) is 75.6 Å². The maximum atomic E-state index is 12.6. The lowest BCUT2D eigenvalue weighted by Crippen LogP contribution is -2.13. The van der Waals surface area contributed by atoms with E-state index in [0.29, 0.717) is 39.4 Å². The molecule has 0 aliphatic heterocycles. The number of benzene rings is 2. The summed E-state index contributed by atoms with van der Waals surface area (Å²) in [6.07, 6.45) is 0. The molecule has 0 bridgehead atoms. The van der Waals surface area contributed by atoms with E-state index < -0.39 is 0 Å². The highest BCUT2D eigenvalue weighted by Crippen LogP contribution is 2.29. The first-order chi connectivity index (χ1) is 14.0. The van der Waals surface area contributed by atoms with Crippen LogP contribution in [-0.2, 0) is 6.54 Å². The number of nitrogens with zero attached hydrogens (tertiary/aromatic N) is 3. The highest BCUT2D eigenvalue weighted by Gasteiger charge is 2.15. The van der Waals surface area contributed by atoms with Crippen molar-refractivity contribution in [1.29, 1.82) is 0 Å². The van der Waals surface area contributed by atoms with E-state index in [0.717, 1.165) is 11.3 Å². The van der Waals surface area contributed by atoms with E-state index in [-0.39, 0.29) is 5.91 Å². The van der Waals surface area contributed by atoms with Crippen LogP contribution in [-0.4, -0.2) is 25.9 Å². The molecule has 0 aliphatic carbocycles. The number of nitrogens with one attached hydrogen (secondary N) is 2. The van der Waals surface area contributed by atoms with Crippen LogP contribution in [0.2, 0.25) is 10.0 Å². The number of aromatic nitrogens is 4. The molecule has 4 aromatic rings. The third kappa shape index (κ3) is 4.34. The smallest absolute Gasteiger partial charge is 0.274 e. The molecule has 0 saturated heterocycles. The summed E-state index contributed by atoms with van der Waals surface area (Å²) in [7, 11) is 0. The molecule has 0 saturated carbocycles. The normalized spacial score (nSPS) is 10.9. The fourth-order valence-corrected chi connectivity index (χ4v) is 3.45. The minimum Gasteiger partial charge on any atom is -0.304 e. The number of aryl methyl sites for hydroxylation is 1. The molecular weight excluding hydrogens is 409 g/mol. The largest absolute Gasteiger partial charge is 0.304 e. The third-order valence-electron chi connectivity index (χ3n) is 4.43. The average Bonchev–Trinajstić information content (AvgIpc) is 3.30. The predicted molar refractivity (Wildman–Crippen MR) is 115 cm³/mol. The summed E-state index contributed by atoms with van der Waals surface area (Å²) in [5.41, 5.74) is 3.63. The molecular formula is C21H17Cl2N5O. The number of rotatable bonds is 5. The van der Waals surface area contributed by atoms with Crippen LogP contribution in [0.4, 0.5) is 5.82 Å². The molecule has 0 unspecified atom stereocenters. The second kappa shape index (κ2) is 8.11. The lowest BCUT2D eigenvalue weighted by atomic mass is 10.1. The van der Waals surface area contributed by atoms with Gasteiger partial charge < -0.3 is 5.32 Å².